The number of hydrogen-bond donors (Lipinski definition) is 1. The van der Waals surface area contributed by atoms with Gasteiger partial charge in [0.1, 0.15) is 5.76 Å². The summed E-state index contributed by atoms with van der Waals surface area (Å²) in [5.74, 6) is -0.825. The Morgan fingerprint density at radius 1 is 1.24 bits per heavy atom. The number of aromatic nitrogens is 1. The Morgan fingerprint density at radius 3 is 2.76 bits per heavy atom. The largest absolute Gasteiger partial charge is 0.475 e. The predicted octanol–water partition coefficient (Wildman–Crippen LogP) is 2.95. The number of nitrogens with zero attached hydrogens (tertiary/aromatic N) is 1. The Kier molecular flexibility index (Phi) is 3.54. The SMILES string of the molecule is O=C(O)c1ccc(Cn2ccc3cc(I)ccc3c2=O)o1. The number of aromatic carboxylic acids is 1. The minimum absolute atomic E-state index is 0.128. The number of fused-ring (bicyclic) bond motifs is 1. The molecule has 3 aromatic rings. The highest BCUT2D eigenvalue weighted by molar-refractivity contribution is 14.1. The molecule has 0 atom stereocenters. The van der Waals surface area contributed by atoms with Crippen LogP contribution in [-0.2, 0) is 6.54 Å². The van der Waals surface area contributed by atoms with Crippen molar-refractivity contribution in [3.8, 4) is 0 Å². The Morgan fingerprint density at radius 2 is 2.05 bits per heavy atom. The average molecular weight is 395 g/mol. The average Bonchev–Trinajstić information content (AvgIpc) is 2.91. The molecule has 5 nitrogen and oxygen atoms in total. The first kappa shape index (κ1) is 13.9. The van der Waals surface area contributed by atoms with Gasteiger partial charge in [-0.05, 0) is 64.4 Å². The van der Waals surface area contributed by atoms with Crippen molar-refractivity contribution in [2.75, 3.05) is 0 Å². The first-order chi connectivity index (χ1) is 10.0. The lowest BCUT2D eigenvalue weighted by Gasteiger charge is -2.05. The molecule has 0 aliphatic carbocycles. The van der Waals surface area contributed by atoms with Crippen molar-refractivity contribution in [2.45, 2.75) is 6.54 Å². The number of furan rings is 1. The first-order valence-electron chi connectivity index (χ1n) is 6.15. The quantitative estimate of drug-likeness (QED) is 0.693. The van der Waals surface area contributed by atoms with E-state index in [1.807, 2.05) is 18.2 Å². The van der Waals surface area contributed by atoms with Gasteiger partial charge in [-0.3, -0.25) is 4.79 Å². The van der Waals surface area contributed by atoms with Gasteiger partial charge >= 0.3 is 5.97 Å². The summed E-state index contributed by atoms with van der Waals surface area (Å²) in [4.78, 5) is 23.2. The molecule has 106 valence electrons. The third-order valence-corrected chi connectivity index (χ3v) is 3.81. The van der Waals surface area contributed by atoms with E-state index in [0.717, 1.165) is 8.96 Å². The molecule has 0 spiro atoms. The summed E-state index contributed by atoms with van der Waals surface area (Å²) in [5.41, 5.74) is -0.128. The Labute approximate surface area is 133 Å². The molecule has 0 bridgehead atoms. The van der Waals surface area contributed by atoms with Crippen LogP contribution in [0.4, 0.5) is 0 Å². The third kappa shape index (κ3) is 2.71. The highest BCUT2D eigenvalue weighted by Crippen LogP contribution is 2.15. The van der Waals surface area contributed by atoms with Gasteiger partial charge in [-0.25, -0.2) is 4.79 Å². The van der Waals surface area contributed by atoms with Gasteiger partial charge in [-0.2, -0.15) is 0 Å². The number of carbonyl (C=O) groups is 1. The van der Waals surface area contributed by atoms with Crippen LogP contribution < -0.4 is 5.56 Å². The van der Waals surface area contributed by atoms with E-state index in [-0.39, 0.29) is 17.9 Å². The highest BCUT2D eigenvalue weighted by Gasteiger charge is 2.10. The van der Waals surface area contributed by atoms with Crippen LogP contribution in [0.15, 0.2) is 51.8 Å². The summed E-state index contributed by atoms with van der Waals surface area (Å²) in [6.45, 7) is 0.202. The summed E-state index contributed by atoms with van der Waals surface area (Å²) in [6.07, 6.45) is 1.68. The Balaban J connectivity index is 2.00. The number of carboxylic acids is 1. The third-order valence-electron chi connectivity index (χ3n) is 3.14. The lowest BCUT2D eigenvalue weighted by molar-refractivity contribution is 0.0660. The number of hydrogen-bond acceptors (Lipinski definition) is 3. The van der Waals surface area contributed by atoms with Gasteiger partial charge in [-0.1, -0.05) is 0 Å². The highest BCUT2D eigenvalue weighted by atomic mass is 127. The van der Waals surface area contributed by atoms with E-state index in [9.17, 15) is 9.59 Å². The van der Waals surface area contributed by atoms with Crippen molar-refractivity contribution in [1.29, 1.82) is 0 Å². The van der Waals surface area contributed by atoms with Crippen LogP contribution in [0.1, 0.15) is 16.3 Å². The maximum Gasteiger partial charge on any atom is 0.371 e. The van der Waals surface area contributed by atoms with Gasteiger partial charge in [0.25, 0.3) is 5.56 Å². The molecule has 2 heterocycles. The molecular weight excluding hydrogens is 385 g/mol. The second kappa shape index (κ2) is 5.36. The van der Waals surface area contributed by atoms with Crippen LogP contribution in [0.2, 0.25) is 0 Å². The summed E-state index contributed by atoms with van der Waals surface area (Å²) in [5, 5.41) is 10.3. The van der Waals surface area contributed by atoms with Crippen molar-refractivity contribution in [3.63, 3.8) is 0 Å². The van der Waals surface area contributed by atoms with E-state index in [2.05, 4.69) is 22.6 Å². The maximum absolute atomic E-state index is 12.4. The summed E-state index contributed by atoms with van der Waals surface area (Å²) in [6, 6.07) is 10.4. The van der Waals surface area contributed by atoms with Gasteiger partial charge in [0.15, 0.2) is 0 Å². The zero-order valence-electron chi connectivity index (χ0n) is 10.7. The smallest absolute Gasteiger partial charge is 0.371 e. The number of carboxylic acid groups (broad SMARTS) is 1. The van der Waals surface area contributed by atoms with E-state index in [4.69, 9.17) is 9.52 Å². The minimum atomic E-state index is -1.12. The Bertz CT molecular complexity index is 894. The maximum atomic E-state index is 12.4. The molecular formula is C15H10INO4. The molecule has 0 saturated carbocycles. The van der Waals surface area contributed by atoms with Gasteiger partial charge < -0.3 is 14.1 Å². The molecule has 0 radical (unpaired) electrons. The number of rotatable bonds is 3. The summed E-state index contributed by atoms with van der Waals surface area (Å²) in [7, 11) is 0. The van der Waals surface area contributed by atoms with Crippen LogP contribution in [0.3, 0.4) is 0 Å². The predicted molar refractivity (Wildman–Crippen MR) is 85.7 cm³/mol. The topological polar surface area (TPSA) is 72.4 Å². The van der Waals surface area contributed by atoms with Crippen molar-refractivity contribution in [2.24, 2.45) is 0 Å². The number of pyridine rings is 1. The van der Waals surface area contributed by atoms with Crippen molar-refractivity contribution in [1.82, 2.24) is 4.57 Å². The zero-order chi connectivity index (χ0) is 15.0. The summed E-state index contributed by atoms with van der Waals surface area (Å²) < 4.78 is 7.74. The van der Waals surface area contributed by atoms with Gasteiger partial charge in [0, 0.05) is 15.2 Å². The fraction of sp³-hybridized carbons (Fsp3) is 0.0667. The molecule has 0 unspecified atom stereocenters. The molecule has 2 aromatic heterocycles. The first-order valence-corrected chi connectivity index (χ1v) is 7.23. The molecule has 3 rings (SSSR count). The molecule has 1 N–H and O–H groups in total. The molecule has 0 fully saturated rings. The molecule has 0 amide bonds. The molecule has 0 aliphatic rings. The molecule has 21 heavy (non-hydrogen) atoms. The monoisotopic (exact) mass is 395 g/mol. The molecule has 0 saturated heterocycles. The van der Waals surface area contributed by atoms with Crippen molar-refractivity contribution in [3.05, 3.63) is 68.0 Å². The lowest BCUT2D eigenvalue weighted by atomic mass is 10.2. The fourth-order valence-electron chi connectivity index (χ4n) is 2.13. The van der Waals surface area contributed by atoms with Crippen LogP contribution in [0.5, 0.6) is 0 Å². The van der Waals surface area contributed by atoms with Crippen LogP contribution >= 0.6 is 22.6 Å². The van der Waals surface area contributed by atoms with E-state index in [1.165, 1.54) is 10.6 Å². The van der Waals surface area contributed by atoms with Gasteiger partial charge in [-0.15, -0.1) is 0 Å². The van der Waals surface area contributed by atoms with Crippen LogP contribution in [-0.4, -0.2) is 15.6 Å². The number of halogens is 1. The van der Waals surface area contributed by atoms with Gasteiger partial charge in [0.05, 0.1) is 6.54 Å². The van der Waals surface area contributed by atoms with Gasteiger partial charge in [0.2, 0.25) is 5.76 Å². The van der Waals surface area contributed by atoms with E-state index in [0.29, 0.717) is 11.1 Å². The normalized spacial score (nSPS) is 10.9. The second-order valence-electron chi connectivity index (χ2n) is 4.55. The van der Waals surface area contributed by atoms with E-state index >= 15 is 0 Å². The van der Waals surface area contributed by atoms with E-state index in [1.54, 1.807) is 18.3 Å². The lowest BCUT2D eigenvalue weighted by Crippen LogP contribution is -2.19. The van der Waals surface area contributed by atoms with Crippen LogP contribution in [0, 0.1) is 3.57 Å². The standard InChI is InChI=1S/C15H10INO4/c16-10-1-3-12-9(7-10)5-6-17(14(12)18)8-11-2-4-13(21-11)15(19)20/h1-7H,8H2,(H,19,20). The van der Waals surface area contributed by atoms with Crippen molar-refractivity contribution < 1.29 is 14.3 Å². The van der Waals surface area contributed by atoms with Crippen LogP contribution in [0.25, 0.3) is 10.8 Å². The second-order valence-corrected chi connectivity index (χ2v) is 5.80. The number of benzene rings is 1. The minimum Gasteiger partial charge on any atom is -0.475 e. The Hall–Kier alpha value is -2.09. The molecule has 1 aromatic carbocycles. The molecule has 0 aliphatic heterocycles. The van der Waals surface area contributed by atoms with E-state index < -0.39 is 5.97 Å². The van der Waals surface area contributed by atoms with Crippen molar-refractivity contribution >= 4 is 39.3 Å². The zero-order valence-corrected chi connectivity index (χ0v) is 12.9. The fourth-order valence-corrected chi connectivity index (χ4v) is 2.64. The summed E-state index contributed by atoms with van der Waals surface area (Å²) >= 11 is 2.20. The molecule has 6 heteroatoms.